The molecule has 2 N–H and O–H groups in total. The van der Waals surface area contributed by atoms with Crippen LogP contribution >= 0.6 is 0 Å². The Kier molecular flexibility index (Phi) is 6.13. The van der Waals surface area contributed by atoms with Crippen molar-refractivity contribution >= 4 is 28.4 Å². The molecule has 4 aromatic rings. The molecule has 0 unspecified atom stereocenters. The summed E-state index contributed by atoms with van der Waals surface area (Å²) in [4.78, 5) is 26.4. The standard InChI is InChI=1S/C26H24F3N5O2/c1-15-13-34(14-16(2)36-15)17-9-10-20(26(27,28)29)19(12-17)24-31-21-7-5-6-18(23(21)33-24)25(35)32-22-8-3-4-11-30-22/h3-12,15-16H,13-14H2,1-2H3,(H,31,33)(H,30,32,35)/t15-,16+. The molecule has 2 aromatic heterocycles. The van der Waals surface area contributed by atoms with Crippen LogP contribution in [0, 0.1) is 0 Å². The maximum absolute atomic E-state index is 14.0. The summed E-state index contributed by atoms with van der Waals surface area (Å²) in [5.74, 6) is -0.0682. The highest BCUT2D eigenvalue weighted by Gasteiger charge is 2.35. The second-order valence-electron chi connectivity index (χ2n) is 8.85. The number of benzene rings is 2. The number of rotatable bonds is 4. The molecule has 0 radical (unpaired) electrons. The largest absolute Gasteiger partial charge is 0.417 e. The lowest BCUT2D eigenvalue weighted by atomic mass is 10.0. The number of imidazole rings is 1. The van der Waals surface area contributed by atoms with Crippen LogP contribution in [0.2, 0.25) is 0 Å². The van der Waals surface area contributed by atoms with E-state index in [1.165, 1.54) is 12.1 Å². The summed E-state index contributed by atoms with van der Waals surface area (Å²) >= 11 is 0. The van der Waals surface area contributed by atoms with Crippen molar-refractivity contribution in [2.45, 2.75) is 32.2 Å². The van der Waals surface area contributed by atoms with Gasteiger partial charge in [0.05, 0.1) is 28.9 Å². The summed E-state index contributed by atoms with van der Waals surface area (Å²) in [7, 11) is 0. The number of para-hydroxylation sites is 1. The van der Waals surface area contributed by atoms with Gasteiger partial charge in [-0.2, -0.15) is 13.2 Å². The molecule has 7 nitrogen and oxygen atoms in total. The SMILES string of the molecule is C[C@@H]1CN(c2ccc(C(F)(F)F)c(-c3nc4c(C(=O)Nc5ccccn5)cccc4[nH]3)c2)C[C@H](C)O1. The van der Waals surface area contributed by atoms with E-state index in [0.717, 1.165) is 6.07 Å². The Morgan fingerprint density at radius 3 is 2.56 bits per heavy atom. The maximum Gasteiger partial charge on any atom is 0.417 e. The van der Waals surface area contributed by atoms with Gasteiger partial charge in [0.15, 0.2) is 0 Å². The van der Waals surface area contributed by atoms with Crippen LogP contribution in [0.3, 0.4) is 0 Å². The van der Waals surface area contributed by atoms with Gasteiger partial charge in [0.25, 0.3) is 5.91 Å². The van der Waals surface area contributed by atoms with Crippen molar-refractivity contribution in [2.24, 2.45) is 0 Å². The van der Waals surface area contributed by atoms with Crippen LogP contribution in [-0.2, 0) is 10.9 Å². The maximum atomic E-state index is 14.0. The molecule has 0 spiro atoms. The first-order chi connectivity index (χ1) is 17.2. The number of alkyl halides is 3. The summed E-state index contributed by atoms with van der Waals surface area (Å²) < 4.78 is 47.7. The highest BCUT2D eigenvalue weighted by atomic mass is 19.4. The van der Waals surface area contributed by atoms with E-state index in [1.54, 1.807) is 42.6 Å². The van der Waals surface area contributed by atoms with Crippen molar-refractivity contribution in [1.29, 1.82) is 0 Å². The van der Waals surface area contributed by atoms with Gasteiger partial charge in [0, 0.05) is 30.5 Å². The number of anilines is 2. The van der Waals surface area contributed by atoms with Gasteiger partial charge in [-0.05, 0) is 56.3 Å². The van der Waals surface area contributed by atoms with Crippen LogP contribution in [0.1, 0.15) is 29.8 Å². The van der Waals surface area contributed by atoms with Crippen molar-refractivity contribution < 1.29 is 22.7 Å². The van der Waals surface area contributed by atoms with Crippen molar-refractivity contribution in [3.63, 3.8) is 0 Å². The number of morpholine rings is 1. The zero-order valence-corrected chi connectivity index (χ0v) is 19.6. The fourth-order valence-corrected chi connectivity index (χ4v) is 4.52. The molecule has 1 amide bonds. The second-order valence-corrected chi connectivity index (χ2v) is 8.85. The number of halogens is 3. The van der Waals surface area contributed by atoms with E-state index in [0.29, 0.717) is 30.1 Å². The van der Waals surface area contributed by atoms with Gasteiger partial charge in [-0.25, -0.2) is 9.97 Å². The van der Waals surface area contributed by atoms with Crippen molar-refractivity contribution in [1.82, 2.24) is 15.0 Å². The Bertz CT molecular complexity index is 1390. The van der Waals surface area contributed by atoms with Crippen molar-refractivity contribution in [3.05, 3.63) is 71.9 Å². The zero-order chi connectivity index (χ0) is 25.4. The fraction of sp³-hybridized carbons (Fsp3) is 0.269. The number of aromatic nitrogens is 3. The Morgan fingerprint density at radius 1 is 1.08 bits per heavy atom. The molecular formula is C26H24F3N5O2. The topological polar surface area (TPSA) is 83.1 Å². The molecule has 0 bridgehead atoms. The van der Waals surface area contributed by atoms with Gasteiger partial charge in [-0.15, -0.1) is 0 Å². The lowest BCUT2D eigenvalue weighted by Gasteiger charge is -2.37. The minimum Gasteiger partial charge on any atom is -0.372 e. The molecule has 3 heterocycles. The molecule has 2 atom stereocenters. The van der Waals surface area contributed by atoms with E-state index in [2.05, 4.69) is 20.3 Å². The average Bonchev–Trinajstić information content (AvgIpc) is 3.27. The highest BCUT2D eigenvalue weighted by molar-refractivity contribution is 6.11. The first kappa shape index (κ1) is 23.8. The predicted octanol–water partition coefficient (Wildman–Crippen LogP) is 5.51. The Labute approximate surface area is 205 Å². The lowest BCUT2D eigenvalue weighted by Crippen LogP contribution is -2.45. The Balaban J connectivity index is 1.57. The van der Waals surface area contributed by atoms with E-state index in [-0.39, 0.29) is 34.7 Å². The number of carbonyl (C=O) groups is 1. The first-order valence-corrected chi connectivity index (χ1v) is 11.5. The second kappa shape index (κ2) is 9.27. The third-order valence-electron chi connectivity index (χ3n) is 6.01. The van der Waals surface area contributed by atoms with E-state index >= 15 is 0 Å². The summed E-state index contributed by atoms with van der Waals surface area (Å²) in [5, 5.41) is 2.69. The minimum absolute atomic E-state index is 0.0339. The number of hydrogen-bond acceptors (Lipinski definition) is 5. The summed E-state index contributed by atoms with van der Waals surface area (Å²) in [5.41, 5.74) is 0.701. The van der Waals surface area contributed by atoms with Gasteiger partial charge in [0.2, 0.25) is 0 Å². The number of pyridine rings is 1. The molecule has 5 rings (SSSR count). The van der Waals surface area contributed by atoms with E-state index < -0.39 is 17.6 Å². The van der Waals surface area contributed by atoms with Crippen molar-refractivity contribution in [2.75, 3.05) is 23.3 Å². The molecular weight excluding hydrogens is 471 g/mol. The quantitative estimate of drug-likeness (QED) is 0.390. The minimum atomic E-state index is -4.59. The fourth-order valence-electron chi connectivity index (χ4n) is 4.52. The van der Waals surface area contributed by atoms with Crippen LogP contribution in [0.4, 0.5) is 24.7 Å². The molecule has 36 heavy (non-hydrogen) atoms. The molecule has 1 fully saturated rings. The number of H-pyrrole nitrogens is 1. The third kappa shape index (κ3) is 4.76. The van der Waals surface area contributed by atoms with Gasteiger partial charge < -0.3 is 19.9 Å². The molecule has 0 aliphatic carbocycles. The number of ether oxygens (including phenoxy) is 1. The number of amides is 1. The lowest BCUT2D eigenvalue weighted by molar-refractivity contribution is -0.137. The van der Waals surface area contributed by atoms with E-state index in [1.807, 2.05) is 18.7 Å². The normalized spacial score (nSPS) is 18.4. The van der Waals surface area contributed by atoms with Gasteiger partial charge >= 0.3 is 6.18 Å². The average molecular weight is 496 g/mol. The van der Waals surface area contributed by atoms with Gasteiger partial charge in [0.1, 0.15) is 17.2 Å². The van der Waals surface area contributed by atoms with Crippen LogP contribution in [-0.4, -0.2) is 46.2 Å². The van der Waals surface area contributed by atoms with Gasteiger partial charge in [-0.3, -0.25) is 4.79 Å². The van der Waals surface area contributed by atoms with Crippen molar-refractivity contribution in [3.8, 4) is 11.4 Å². The molecule has 10 heteroatoms. The molecule has 0 saturated carbocycles. The monoisotopic (exact) mass is 495 g/mol. The number of carbonyl (C=O) groups excluding carboxylic acids is 1. The number of fused-ring (bicyclic) bond motifs is 1. The Morgan fingerprint density at radius 2 is 1.86 bits per heavy atom. The number of nitrogens with zero attached hydrogens (tertiary/aromatic N) is 3. The molecule has 2 aromatic carbocycles. The third-order valence-corrected chi connectivity index (χ3v) is 6.01. The number of hydrogen-bond donors (Lipinski definition) is 2. The summed E-state index contributed by atoms with van der Waals surface area (Å²) in [6.07, 6.45) is -3.14. The first-order valence-electron chi connectivity index (χ1n) is 11.5. The molecule has 1 aliphatic heterocycles. The van der Waals surface area contributed by atoms with E-state index in [9.17, 15) is 18.0 Å². The number of nitrogens with one attached hydrogen (secondary N) is 2. The number of aromatic amines is 1. The van der Waals surface area contributed by atoms with Crippen LogP contribution in [0.5, 0.6) is 0 Å². The summed E-state index contributed by atoms with van der Waals surface area (Å²) in [6.45, 7) is 5.00. The zero-order valence-electron chi connectivity index (χ0n) is 19.6. The van der Waals surface area contributed by atoms with Crippen LogP contribution in [0.25, 0.3) is 22.4 Å². The van der Waals surface area contributed by atoms with E-state index in [4.69, 9.17) is 4.74 Å². The Hall–Kier alpha value is -3.92. The highest BCUT2D eigenvalue weighted by Crippen LogP contribution is 2.39. The predicted molar refractivity (Wildman–Crippen MR) is 131 cm³/mol. The van der Waals surface area contributed by atoms with Crippen LogP contribution < -0.4 is 10.2 Å². The summed E-state index contributed by atoms with van der Waals surface area (Å²) in [6, 6.07) is 14.0. The van der Waals surface area contributed by atoms with Crippen LogP contribution in [0.15, 0.2) is 60.8 Å². The van der Waals surface area contributed by atoms with Gasteiger partial charge in [-0.1, -0.05) is 12.1 Å². The smallest absolute Gasteiger partial charge is 0.372 e. The molecule has 1 aliphatic rings. The molecule has 186 valence electrons. The molecule has 1 saturated heterocycles.